The molecule has 0 bridgehead atoms. The molecule has 0 unspecified atom stereocenters. The van der Waals surface area contributed by atoms with Gasteiger partial charge in [0.1, 0.15) is 11.5 Å². The van der Waals surface area contributed by atoms with E-state index in [0.29, 0.717) is 22.3 Å². The quantitative estimate of drug-likeness (QED) is 0.437. The topological polar surface area (TPSA) is 63.6 Å². The van der Waals surface area contributed by atoms with Crippen LogP contribution in [0, 0.1) is 0 Å². The van der Waals surface area contributed by atoms with Crippen LogP contribution in [-0.4, -0.2) is 23.8 Å². The van der Waals surface area contributed by atoms with Gasteiger partial charge in [-0.05, 0) is 24.3 Å². The minimum absolute atomic E-state index is 0.0641. The summed E-state index contributed by atoms with van der Waals surface area (Å²) in [7, 11) is 1.59. The van der Waals surface area contributed by atoms with Crippen molar-refractivity contribution in [3.05, 3.63) is 95.1 Å². The van der Waals surface area contributed by atoms with Crippen molar-refractivity contribution < 1.29 is 19.4 Å². The van der Waals surface area contributed by atoms with Crippen LogP contribution in [-0.2, 0) is 0 Å². The molecule has 0 amide bonds. The Labute approximate surface area is 172 Å². The van der Waals surface area contributed by atoms with E-state index in [-0.39, 0.29) is 17.3 Å². The van der Waals surface area contributed by atoms with Gasteiger partial charge in [0.25, 0.3) is 0 Å². The van der Waals surface area contributed by atoms with E-state index in [2.05, 4.69) is 0 Å². The average Bonchev–Trinajstić information content (AvgIpc) is 2.81. The normalized spacial score (nSPS) is 10.5. The van der Waals surface area contributed by atoms with Gasteiger partial charge < -0.3 is 9.84 Å². The van der Waals surface area contributed by atoms with Crippen LogP contribution >= 0.6 is 0 Å². The first-order valence-corrected chi connectivity index (χ1v) is 9.72. The highest BCUT2D eigenvalue weighted by Gasteiger charge is 2.28. The van der Waals surface area contributed by atoms with Crippen LogP contribution in [0.25, 0.3) is 0 Å². The molecule has 0 spiro atoms. The molecular formula is C25H28O4. The van der Waals surface area contributed by atoms with Gasteiger partial charge in [-0.3, -0.25) is 9.59 Å². The van der Waals surface area contributed by atoms with Crippen LogP contribution in [0.5, 0.6) is 11.5 Å². The predicted molar refractivity (Wildman–Crippen MR) is 117 cm³/mol. The van der Waals surface area contributed by atoms with Crippen molar-refractivity contribution >= 4 is 11.6 Å². The van der Waals surface area contributed by atoms with Gasteiger partial charge >= 0.3 is 0 Å². The summed E-state index contributed by atoms with van der Waals surface area (Å²) in [5.74, 6) is 0.889. The molecular weight excluding hydrogens is 364 g/mol. The molecule has 0 saturated carbocycles. The largest absolute Gasteiger partial charge is 0.508 e. The molecule has 1 aliphatic carbocycles. The SMILES string of the molecule is CC.CC.COc1ccc(O)cc1.O=C1c2ccccc2C(=O)c2ccccc21. The average molecular weight is 392 g/mol. The first-order chi connectivity index (χ1) is 14.1. The van der Waals surface area contributed by atoms with Crippen LogP contribution in [0.3, 0.4) is 0 Å². The maximum absolute atomic E-state index is 12.1. The Morgan fingerprint density at radius 1 is 0.586 bits per heavy atom. The third kappa shape index (κ3) is 5.79. The zero-order chi connectivity index (χ0) is 21.8. The Morgan fingerprint density at radius 2 is 0.897 bits per heavy atom. The van der Waals surface area contributed by atoms with Gasteiger partial charge in [0.05, 0.1) is 7.11 Å². The molecule has 0 aromatic heterocycles. The van der Waals surface area contributed by atoms with E-state index in [1.807, 2.05) is 27.7 Å². The third-order valence-electron chi connectivity index (χ3n) is 3.91. The Bertz CT molecular complexity index is 822. The maximum Gasteiger partial charge on any atom is 0.194 e. The number of rotatable bonds is 1. The second-order valence-electron chi connectivity index (χ2n) is 5.45. The summed E-state index contributed by atoms with van der Waals surface area (Å²) in [5.41, 5.74) is 2.02. The molecule has 29 heavy (non-hydrogen) atoms. The first-order valence-electron chi connectivity index (χ1n) is 9.72. The summed E-state index contributed by atoms with van der Waals surface area (Å²) in [6, 6.07) is 20.5. The molecule has 4 rings (SSSR count). The van der Waals surface area contributed by atoms with E-state index < -0.39 is 0 Å². The lowest BCUT2D eigenvalue weighted by atomic mass is 9.84. The van der Waals surface area contributed by atoms with Crippen molar-refractivity contribution in [1.29, 1.82) is 0 Å². The molecule has 0 radical (unpaired) electrons. The molecule has 1 N–H and O–H groups in total. The van der Waals surface area contributed by atoms with Gasteiger partial charge in [-0.2, -0.15) is 0 Å². The van der Waals surface area contributed by atoms with Crippen LogP contribution < -0.4 is 4.74 Å². The summed E-state index contributed by atoms with van der Waals surface area (Å²) in [4.78, 5) is 24.2. The van der Waals surface area contributed by atoms with Gasteiger partial charge in [-0.25, -0.2) is 0 Å². The highest BCUT2D eigenvalue weighted by molar-refractivity contribution is 6.28. The Hall–Kier alpha value is -3.40. The number of ether oxygens (including phenoxy) is 1. The molecule has 0 heterocycles. The maximum atomic E-state index is 12.1. The number of fused-ring (bicyclic) bond motifs is 2. The molecule has 3 aromatic rings. The number of aromatic hydroxyl groups is 1. The predicted octanol–water partition coefficient (Wildman–Crippen LogP) is 5.92. The van der Waals surface area contributed by atoms with Gasteiger partial charge in [-0.15, -0.1) is 0 Å². The molecule has 0 saturated heterocycles. The van der Waals surface area contributed by atoms with E-state index in [0.717, 1.165) is 5.75 Å². The molecule has 0 atom stereocenters. The van der Waals surface area contributed by atoms with Crippen molar-refractivity contribution in [2.45, 2.75) is 27.7 Å². The van der Waals surface area contributed by atoms with Crippen molar-refractivity contribution in [2.75, 3.05) is 7.11 Å². The lowest BCUT2D eigenvalue weighted by Crippen LogP contribution is -2.20. The molecule has 0 fully saturated rings. The van der Waals surface area contributed by atoms with Crippen molar-refractivity contribution in [2.24, 2.45) is 0 Å². The lowest BCUT2D eigenvalue weighted by molar-refractivity contribution is 0.0979. The van der Waals surface area contributed by atoms with E-state index in [9.17, 15) is 9.59 Å². The summed E-state index contributed by atoms with van der Waals surface area (Å²) >= 11 is 0. The van der Waals surface area contributed by atoms with Crippen LogP contribution in [0.1, 0.15) is 59.5 Å². The van der Waals surface area contributed by atoms with Gasteiger partial charge in [0, 0.05) is 22.3 Å². The number of phenolic OH excluding ortho intramolecular Hbond substituents is 1. The van der Waals surface area contributed by atoms with Crippen molar-refractivity contribution in [3.63, 3.8) is 0 Å². The van der Waals surface area contributed by atoms with Crippen LogP contribution in [0.4, 0.5) is 0 Å². The summed E-state index contributed by atoms with van der Waals surface area (Å²) in [5, 5.41) is 8.80. The van der Waals surface area contributed by atoms with Gasteiger partial charge in [0.15, 0.2) is 11.6 Å². The fourth-order valence-electron chi connectivity index (χ4n) is 2.63. The van der Waals surface area contributed by atoms with E-state index >= 15 is 0 Å². The Balaban J connectivity index is 0.000000277. The standard InChI is InChI=1S/C14H8O2.C7H8O2.2C2H6/c15-13-9-5-1-2-6-10(9)14(16)12-8-4-3-7-11(12)13;1-9-7-4-2-6(8)3-5-7;2*1-2/h1-8H;2-5,8H,1H3;2*1-2H3. The van der Waals surface area contributed by atoms with E-state index in [1.54, 1.807) is 79.9 Å². The van der Waals surface area contributed by atoms with Crippen molar-refractivity contribution in [1.82, 2.24) is 0 Å². The van der Waals surface area contributed by atoms with E-state index in [4.69, 9.17) is 9.84 Å². The molecule has 152 valence electrons. The second kappa shape index (κ2) is 12.1. The second-order valence-corrected chi connectivity index (χ2v) is 5.45. The third-order valence-corrected chi connectivity index (χ3v) is 3.91. The summed E-state index contributed by atoms with van der Waals surface area (Å²) in [6.45, 7) is 8.00. The van der Waals surface area contributed by atoms with Gasteiger partial charge in [-0.1, -0.05) is 76.2 Å². The minimum Gasteiger partial charge on any atom is -0.508 e. The highest BCUT2D eigenvalue weighted by atomic mass is 16.5. The number of carbonyl (C=O) groups excluding carboxylic acids is 2. The zero-order valence-electron chi connectivity index (χ0n) is 17.6. The lowest BCUT2D eigenvalue weighted by Gasteiger charge is -2.16. The monoisotopic (exact) mass is 392 g/mol. The fraction of sp³-hybridized carbons (Fsp3) is 0.200. The Kier molecular flexibility index (Phi) is 9.89. The van der Waals surface area contributed by atoms with Gasteiger partial charge in [0.2, 0.25) is 0 Å². The Morgan fingerprint density at radius 3 is 1.17 bits per heavy atom. The number of phenols is 1. The van der Waals surface area contributed by atoms with Crippen LogP contribution in [0.15, 0.2) is 72.8 Å². The molecule has 4 nitrogen and oxygen atoms in total. The zero-order valence-corrected chi connectivity index (χ0v) is 17.6. The van der Waals surface area contributed by atoms with Crippen molar-refractivity contribution in [3.8, 4) is 11.5 Å². The number of hydrogen-bond donors (Lipinski definition) is 1. The molecule has 0 aliphatic heterocycles. The number of carbonyl (C=O) groups is 2. The minimum atomic E-state index is -0.0641. The molecule has 4 heteroatoms. The molecule has 1 aliphatic rings. The number of methoxy groups -OCH3 is 1. The number of ketones is 2. The highest BCUT2D eigenvalue weighted by Crippen LogP contribution is 2.26. The smallest absolute Gasteiger partial charge is 0.194 e. The van der Waals surface area contributed by atoms with E-state index in [1.165, 1.54) is 0 Å². The van der Waals surface area contributed by atoms with Crippen LogP contribution in [0.2, 0.25) is 0 Å². The fourth-order valence-corrected chi connectivity index (χ4v) is 2.63. The summed E-state index contributed by atoms with van der Waals surface area (Å²) < 4.78 is 4.86. The number of hydrogen-bond acceptors (Lipinski definition) is 4. The molecule has 3 aromatic carbocycles. The summed E-state index contributed by atoms with van der Waals surface area (Å²) in [6.07, 6.45) is 0. The number of benzene rings is 3. The first kappa shape index (κ1) is 23.6.